The summed E-state index contributed by atoms with van der Waals surface area (Å²) >= 11 is 13.8. The number of hydrogen-bond donors (Lipinski definition) is 0. The molecule has 0 spiro atoms. The van der Waals surface area contributed by atoms with E-state index in [1.165, 1.54) is 11.8 Å². The minimum atomic E-state index is 0.434. The number of thioether (sulfide) groups is 1. The van der Waals surface area contributed by atoms with Gasteiger partial charge in [-0.2, -0.15) is 5.26 Å². The molecule has 4 rings (SSSR count). The van der Waals surface area contributed by atoms with Gasteiger partial charge in [-0.15, -0.1) is 10.2 Å². The minimum Gasteiger partial charge on any atom is -0.461 e. The van der Waals surface area contributed by atoms with Crippen LogP contribution in [0.15, 0.2) is 70.4 Å². The van der Waals surface area contributed by atoms with Gasteiger partial charge in [0.15, 0.2) is 10.9 Å². The number of halogens is 2. The topological polar surface area (TPSA) is 67.6 Å². The molecule has 0 fully saturated rings. The zero-order valence-electron chi connectivity index (χ0n) is 14.3. The number of nitriles is 1. The van der Waals surface area contributed by atoms with Crippen molar-refractivity contribution in [2.75, 3.05) is 0 Å². The summed E-state index contributed by atoms with van der Waals surface area (Å²) in [6.07, 6.45) is 1.58. The van der Waals surface area contributed by atoms with E-state index in [9.17, 15) is 5.26 Å². The summed E-state index contributed by atoms with van der Waals surface area (Å²) in [5, 5.41) is 19.5. The molecule has 2 aromatic heterocycles. The van der Waals surface area contributed by atoms with E-state index in [1.54, 1.807) is 30.5 Å². The largest absolute Gasteiger partial charge is 0.461 e. The molecule has 0 aliphatic heterocycles. The van der Waals surface area contributed by atoms with Crippen molar-refractivity contribution < 1.29 is 4.42 Å². The second-order valence-electron chi connectivity index (χ2n) is 5.77. The summed E-state index contributed by atoms with van der Waals surface area (Å²) in [6, 6.07) is 18.6. The molecule has 2 aromatic carbocycles. The van der Waals surface area contributed by atoms with Gasteiger partial charge in [-0.1, -0.05) is 53.2 Å². The fraction of sp³-hybridized carbons (Fsp3) is 0.0500. The predicted octanol–water partition coefficient (Wildman–Crippen LogP) is 6.00. The third-order valence-electron chi connectivity index (χ3n) is 4.03. The summed E-state index contributed by atoms with van der Waals surface area (Å²) in [4.78, 5) is 0. The molecular formula is C20H12Cl2N4OS. The number of rotatable bonds is 5. The zero-order valence-corrected chi connectivity index (χ0v) is 16.7. The van der Waals surface area contributed by atoms with Crippen molar-refractivity contribution >= 4 is 35.0 Å². The van der Waals surface area contributed by atoms with Gasteiger partial charge in [-0.3, -0.25) is 4.57 Å². The zero-order chi connectivity index (χ0) is 19.5. The summed E-state index contributed by atoms with van der Waals surface area (Å²) in [7, 11) is 0. The van der Waals surface area contributed by atoms with E-state index in [0.29, 0.717) is 38.1 Å². The molecule has 138 valence electrons. The molecular weight excluding hydrogens is 415 g/mol. The van der Waals surface area contributed by atoms with Crippen molar-refractivity contribution in [2.24, 2.45) is 0 Å². The smallest absolute Gasteiger partial charge is 0.205 e. The van der Waals surface area contributed by atoms with Crippen molar-refractivity contribution in [3.63, 3.8) is 0 Å². The molecule has 0 atom stereocenters. The fourth-order valence-electron chi connectivity index (χ4n) is 2.68. The van der Waals surface area contributed by atoms with Crippen LogP contribution in [0.2, 0.25) is 10.0 Å². The Morgan fingerprint density at radius 2 is 1.89 bits per heavy atom. The Hall–Kier alpha value is -2.72. The van der Waals surface area contributed by atoms with Crippen LogP contribution in [0.5, 0.6) is 0 Å². The number of aromatic nitrogens is 3. The van der Waals surface area contributed by atoms with Crippen LogP contribution in [0.1, 0.15) is 11.1 Å². The molecule has 2 heterocycles. The van der Waals surface area contributed by atoms with E-state index in [0.717, 1.165) is 11.3 Å². The van der Waals surface area contributed by atoms with Crippen LogP contribution >= 0.6 is 35.0 Å². The highest BCUT2D eigenvalue weighted by Crippen LogP contribution is 2.33. The second-order valence-corrected chi connectivity index (χ2v) is 7.53. The van der Waals surface area contributed by atoms with Gasteiger partial charge in [0.1, 0.15) is 0 Å². The Labute approximate surface area is 175 Å². The Morgan fingerprint density at radius 1 is 1.04 bits per heavy atom. The van der Waals surface area contributed by atoms with E-state index in [1.807, 2.05) is 34.9 Å². The van der Waals surface area contributed by atoms with Crippen LogP contribution in [0.25, 0.3) is 17.3 Å². The SMILES string of the molecule is N#Cc1ccccc1CSc1nnc(-c2ccco2)n1-c1ccc(Cl)c(Cl)c1. The van der Waals surface area contributed by atoms with E-state index in [4.69, 9.17) is 27.6 Å². The number of furan rings is 1. The van der Waals surface area contributed by atoms with Crippen LogP contribution in [-0.4, -0.2) is 14.8 Å². The average molecular weight is 427 g/mol. The van der Waals surface area contributed by atoms with Gasteiger partial charge < -0.3 is 4.42 Å². The molecule has 28 heavy (non-hydrogen) atoms. The van der Waals surface area contributed by atoms with Gasteiger partial charge in [-0.05, 0) is 42.0 Å². The van der Waals surface area contributed by atoms with E-state index in [2.05, 4.69) is 16.3 Å². The minimum absolute atomic E-state index is 0.434. The van der Waals surface area contributed by atoms with Gasteiger partial charge in [0.25, 0.3) is 0 Å². The average Bonchev–Trinajstić information content (AvgIpc) is 3.38. The predicted molar refractivity (Wildman–Crippen MR) is 110 cm³/mol. The standard InChI is InChI=1S/C20H12Cl2N4OS/c21-16-8-7-15(10-17(16)22)26-19(18-6-3-9-27-18)24-25-20(26)28-12-14-5-2-1-4-13(14)11-23/h1-10H,12H2. The first-order valence-electron chi connectivity index (χ1n) is 8.23. The molecule has 5 nitrogen and oxygen atoms in total. The summed E-state index contributed by atoms with van der Waals surface area (Å²) < 4.78 is 7.38. The summed E-state index contributed by atoms with van der Waals surface area (Å²) in [5.41, 5.74) is 2.34. The highest BCUT2D eigenvalue weighted by molar-refractivity contribution is 7.98. The van der Waals surface area contributed by atoms with Gasteiger partial charge in [0.2, 0.25) is 5.82 Å². The molecule has 0 bridgehead atoms. The van der Waals surface area contributed by atoms with Crippen LogP contribution in [0, 0.1) is 11.3 Å². The summed E-state index contributed by atoms with van der Waals surface area (Å²) in [6.45, 7) is 0. The Balaban J connectivity index is 1.75. The highest BCUT2D eigenvalue weighted by atomic mass is 35.5. The first-order valence-corrected chi connectivity index (χ1v) is 9.97. The molecule has 0 aliphatic carbocycles. The van der Waals surface area contributed by atoms with E-state index in [-0.39, 0.29) is 0 Å². The molecule has 4 aromatic rings. The first kappa shape index (κ1) is 18.6. The highest BCUT2D eigenvalue weighted by Gasteiger charge is 2.19. The molecule has 0 aliphatic rings. The lowest BCUT2D eigenvalue weighted by Gasteiger charge is -2.10. The normalized spacial score (nSPS) is 10.8. The lowest BCUT2D eigenvalue weighted by molar-refractivity contribution is 0.575. The summed E-state index contributed by atoms with van der Waals surface area (Å²) in [5.74, 6) is 1.71. The Kier molecular flexibility index (Phi) is 5.40. The van der Waals surface area contributed by atoms with E-state index >= 15 is 0 Å². The number of nitrogens with zero attached hydrogens (tertiary/aromatic N) is 4. The second kappa shape index (κ2) is 8.11. The quantitative estimate of drug-likeness (QED) is 0.366. The molecule has 8 heteroatoms. The lowest BCUT2D eigenvalue weighted by Crippen LogP contribution is -2.00. The van der Waals surface area contributed by atoms with Crippen LogP contribution in [0.3, 0.4) is 0 Å². The number of hydrogen-bond acceptors (Lipinski definition) is 5. The van der Waals surface area contributed by atoms with Gasteiger partial charge >= 0.3 is 0 Å². The molecule has 0 N–H and O–H groups in total. The lowest BCUT2D eigenvalue weighted by atomic mass is 10.1. The van der Waals surface area contributed by atoms with Crippen molar-refractivity contribution in [2.45, 2.75) is 10.9 Å². The maximum Gasteiger partial charge on any atom is 0.205 e. The fourth-order valence-corrected chi connectivity index (χ4v) is 3.93. The van der Waals surface area contributed by atoms with Crippen LogP contribution in [0.4, 0.5) is 0 Å². The van der Waals surface area contributed by atoms with Crippen molar-refractivity contribution in [3.8, 4) is 23.3 Å². The van der Waals surface area contributed by atoms with Gasteiger partial charge in [0, 0.05) is 5.75 Å². The monoisotopic (exact) mass is 426 g/mol. The third-order valence-corrected chi connectivity index (χ3v) is 5.75. The van der Waals surface area contributed by atoms with Crippen LogP contribution in [-0.2, 0) is 5.75 Å². The van der Waals surface area contributed by atoms with Crippen molar-refractivity contribution in [1.82, 2.24) is 14.8 Å². The van der Waals surface area contributed by atoms with E-state index < -0.39 is 0 Å². The number of benzene rings is 2. The third kappa shape index (κ3) is 3.65. The first-order chi connectivity index (χ1) is 13.7. The molecule has 0 radical (unpaired) electrons. The molecule has 0 saturated heterocycles. The Morgan fingerprint density at radius 3 is 2.64 bits per heavy atom. The maximum absolute atomic E-state index is 9.30. The molecule has 0 unspecified atom stereocenters. The van der Waals surface area contributed by atoms with Gasteiger partial charge in [0.05, 0.1) is 33.6 Å². The van der Waals surface area contributed by atoms with Gasteiger partial charge in [-0.25, -0.2) is 0 Å². The molecule has 0 amide bonds. The van der Waals surface area contributed by atoms with Crippen LogP contribution < -0.4 is 0 Å². The van der Waals surface area contributed by atoms with Crippen molar-refractivity contribution in [1.29, 1.82) is 5.26 Å². The molecule has 0 saturated carbocycles. The van der Waals surface area contributed by atoms with Crippen molar-refractivity contribution in [3.05, 3.63) is 82.0 Å². The Bertz CT molecular complexity index is 1170. The maximum atomic E-state index is 9.30.